The van der Waals surface area contributed by atoms with E-state index in [1.807, 2.05) is 40.2 Å². The van der Waals surface area contributed by atoms with Crippen molar-refractivity contribution in [3.63, 3.8) is 0 Å². The average Bonchev–Trinajstić information content (AvgIpc) is 2.23. The Labute approximate surface area is 87.2 Å². The maximum Gasteiger partial charge on any atom is 0.0798 e. The highest BCUT2D eigenvalue weighted by molar-refractivity contribution is 8.03. The van der Waals surface area contributed by atoms with Gasteiger partial charge in [0.05, 0.1) is 17.1 Å². The summed E-state index contributed by atoms with van der Waals surface area (Å²) < 4.78 is 1.98. The third-order valence-electron chi connectivity index (χ3n) is 1.94. The van der Waals surface area contributed by atoms with Gasteiger partial charge in [0.25, 0.3) is 0 Å². The van der Waals surface area contributed by atoms with Crippen LogP contribution in [0.25, 0.3) is 0 Å². The van der Waals surface area contributed by atoms with Crippen LogP contribution in [0.2, 0.25) is 0 Å². The summed E-state index contributed by atoms with van der Waals surface area (Å²) in [5, 5.41) is 1.99. The van der Waals surface area contributed by atoms with Gasteiger partial charge in [-0.05, 0) is 35.6 Å². The maximum atomic E-state index is 5.88. The number of benzene rings is 1. The summed E-state index contributed by atoms with van der Waals surface area (Å²) in [7, 11) is 0. The fraction of sp³-hybridized carbons (Fsp3) is 0. The van der Waals surface area contributed by atoms with E-state index in [-0.39, 0.29) is 0 Å². The number of nitrogens with two attached hydrogens (primary N) is 2. The minimum atomic E-state index is 0.617. The molecular weight excluding hydrogens is 194 g/mol. The van der Waals surface area contributed by atoms with E-state index < -0.39 is 0 Å². The van der Waals surface area contributed by atoms with Crippen molar-refractivity contribution in [2.24, 2.45) is 0 Å². The number of rotatable bonds is 1. The molecule has 0 fully saturated rings. The van der Waals surface area contributed by atoms with Crippen LogP contribution in [0.5, 0.6) is 0 Å². The quantitative estimate of drug-likeness (QED) is 0.546. The first kappa shape index (κ1) is 9.02. The predicted molar refractivity (Wildman–Crippen MR) is 63.6 cm³/mol. The Balaban J connectivity index is 2.36. The molecule has 1 aliphatic rings. The average molecular weight is 205 g/mol. The number of hydrogen-bond donors (Lipinski definition) is 2. The maximum absolute atomic E-state index is 5.88. The molecule has 2 rings (SSSR count). The molecule has 0 saturated carbocycles. The van der Waals surface area contributed by atoms with Gasteiger partial charge in [-0.2, -0.15) is 0 Å². The zero-order chi connectivity index (χ0) is 9.97. The number of anilines is 3. The van der Waals surface area contributed by atoms with Crippen LogP contribution < -0.4 is 15.8 Å². The van der Waals surface area contributed by atoms with E-state index >= 15 is 0 Å². The van der Waals surface area contributed by atoms with Crippen molar-refractivity contribution in [2.75, 3.05) is 15.8 Å². The fourth-order valence-electron chi connectivity index (χ4n) is 1.21. The third-order valence-corrected chi connectivity index (χ3v) is 2.76. The van der Waals surface area contributed by atoms with Gasteiger partial charge in [0, 0.05) is 6.20 Å². The van der Waals surface area contributed by atoms with Crippen molar-refractivity contribution >= 4 is 29.0 Å². The van der Waals surface area contributed by atoms with Crippen LogP contribution >= 0.6 is 11.9 Å². The normalized spacial score (nSPS) is 14.7. The van der Waals surface area contributed by atoms with Gasteiger partial charge in [-0.1, -0.05) is 12.1 Å². The molecule has 4 N–H and O–H groups in total. The Morgan fingerprint density at radius 2 is 2.00 bits per heavy atom. The van der Waals surface area contributed by atoms with Crippen molar-refractivity contribution in [3.8, 4) is 0 Å². The lowest BCUT2D eigenvalue weighted by Crippen LogP contribution is -2.09. The molecule has 0 spiro atoms. The summed E-state index contributed by atoms with van der Waals surface area (Å²) in [5.74, 6) is 0. The third kappa shape index (κ3) is 1.56. The number of para-hydroxylation sites is 1. The molecule has 1 aromatic carbocycles. The first-order valence-corrected chi connectivity index (χ1v) is 5.06. The summed E-state index contributed by atoms with van der Waals surface area (Å²) >= 11 is 1.57. The van der Waals surface area contributed by atoms with Crippen molar-refractivity contribution < 1.29 is 0 Å². The van der Waals surface area contributed by atoms with Crippen molar-refractivity contribution in [3.05, 3.63) is 42.0 Å². The van der Waals surface area contributed by atoms with Gasteiger partial charge >= 0.3 is 0 Å². The SMILES string of the molecule is Nc1cccc(N2C=CC=CS2)c1N. The second kappa shape index (κ2) is 3.67. The van der Waals surface area contributed by atoms with Gasteiger partial charge in [0.1, 0.15) is 0 Å². The van der Waals surface area contributed by atoms with E-state index in [0.717, 1.165) is 5.69 Å². The molecular formula is C10H11N3S. The molecule has 0 atom stereocenters. The first-order chi connectivity index (χ1) is 6.79. The van der Waals surface area contributed by atoms with Crippen LogP contribution in [0.15, 0.2) is 42.0 Å². The number of nitrogens with zero attached hydrogens (tertiary/aromatic N) is 1. The molecule has 0 aliphatic carbocycles. The molecule has 1 aromatic rings. The predicted octanol–water partition coefficient (Wildman–Crippen LogP) is 2.35. The van der Waals surface area contributed by atoms with Gasteiger partial charge < -0.3 is 11.5 Å². The van der Waals surface area contributed by atoms with E-state index in [1.165, 1.54) is 0 Å². The lowest BCUT2D eigenvalue weighted by molar-refractivity contribution is 1.44. The van der Waals surface area contributed by atoms with Crippen LogP contribution in [0, 0.1) is 0 Å². The zero-order valence-corrected chi connectivity index (χ0v) is 8.37. The van der Waals surface area contributed by atoms with Gasteiger partial charge in [-0.3, -0.25) is 4.31 Å². The lowest BCUT2D eigenvalue weighted by atomic mass is 10.2. The van der Waals surface area contributed by atoms with Crippen LogP contribution in [0.3, 0.4) is 0 Å². The standard InChI is InChI=1S/C10H11N3S/c11-8-4-3-5-9(10(8)12)13-6-1-2-7-14-13/h1-7H,11-12H2. The Morgan fingerprint density at radius 1 is 1.14 bits per heavy atom. The minimum Gasteiger partial charge on any atom is -0.397 e. The molecule has 3 nitrogen and oxygen atoms in total. The van der Waals surface area contributed by atoms with Gasteiger partial charge in [-0.25, -0.2) is 0 Å². The van der Waals surface area contributed by atoms with E-state index in [4.69, 9.17) is 11.5 Å². The van der Waals surface area contributed by atoms with Crippen LogP contribution in [-0.2, 0) is 0 Å². The molecule has 4 heteroatoms. The highest BCUT2D eigenvalue weighted by Gasteiger charge is 2.09. The molecule has 72 valence electrons. The van der Waals surface area contributed by atoms with Gasteiger partial charge in [-0.15, -0.1) is 0 Å². The van der Waals surface area contributed by atoms with E-state index in [9.17, 15) is 0 Å². The second-order valence-electron chi connectivity index (χ2n) is 2.88. The topological polar surface area (TPSA) is 55.3 Å². The van der Waals surface area contributed by atoms with E-state index in [0.29, 0.717) is 11.4 Å². The molecule has 1 aliphatic heterocycles. The largest absolute Gasteiger partial charge is 0.397 e. The Kier molecular flexibility index (Phi) is 2.37. The smallest absolute Gasteiger partial charge is 0.0798 e. The summed E-state index contributed by atoms with van der Waals surface area (Å²) in [6.45, 7) is 0. The first-order valence-electron chi connectivity index (χ1n) is 4.22. The van der Waals surface area contributed by atoms with E-state index in [1.54, 1.807) is 18.0 Å². The second-order valence-corrected chi connectivity index (χ2v) is 3.76. The lowest BCUT2D eigenvalue weighted by Gasteiger charge is -2.21. The molecule has 0 bridgehead atoms. The monoisotopic (exact) mass is 205 g/mol. The zero-order valence-electron chi connectivity index (χ0n) is 7.55. The number of allylic oxidation sites excluding steroid dienone is 2. The molecule has 0 unspecified atom stereocenters. The Hall–Kier alpha value is -1.55. The summed E-state index contributed by atoms with van der Waals surface area (Å²) in [6, 6.07) is 5.64. The molecule has 1 heterocycles. The van der Waals surface area contributed by atoms with Gasteiger partial charge in [0.15, 0.2) is 0 Å². The minimum absolute atomic E-state index is 0.617. The van der Waals surface area contributed by atoms with Crippen LogP contribution in [-0.4, -0.2) is 0 Å². The fourth-order valence-corrected chi connectivity index (χ4v) is 1.91. The number of nitrogen functional groups attached to an aromatic ring is 2. The van der Waals surface area contributed by atoms with Crippen molar-refractivity contribution in [1.29, 1.82) is 0 Å². The highest BCUT2D eigenvalue weighted by atomic mass is 32.2. The molecule has 0 saturated heterocycles. The molecule has 14 heavy (non-hydrogen) atoms. The van der Waals surface area contributed by atoms with Crippen LogP contribution in [0.4, 0.5) is 17.1 Å². The number of hydrogen-bond acceptors (Lipinski definition) is 4. The molecule has 0 amide bonds. The van der Waals surface area contributed by atoms with Crippen molar-refractivity contribution in [2.45, 2.75) is 0 Å². The highest BCUT2D eigenvalue weighted by Crippen LogP contribution is 2.34. The van der Waals surface area contributed by atoms with Crippen molar-refractivity contribution in [1.82, 2.24) is 0 Å². The summed E-state index contributed by atoms with van der Waals surface area (Å²) in [5.41, 5.74) is 13.8. The van der Waals surface area contributed by atoms with Crippen LogP contribution in [0.1, 0.15) is 0 Å². The molecule has 0 aromatic heterocycles. The summed E-state index contributed by atoms with van der Waals surface area (Å²) in [6.07, 6.45) is 5.89. The molecule has 0 radical (unpaired) electrons. The van der Waals surface area contributed by atoms with Gasteiger partial charge in [0.2, 0.25) is 0 Å². The summed E-state index contributed by atoms with van der Waals surface area (Å²) in [4.78, 5) is 0. The Bertz CT molecular complexity index is 398. The van der Waals surface area contributed by atoms with E-state index in [2.05, 4.69) is 0 Å². The Morgan fingerprint density at radius 3 is 2.71 bits per heavy atom.